The molecule has 0 saturated carbocycles. The molecule has 1 amide bonds. The quantitative estimate of drug-likeness (QED) is 0.798. The monoisotopic (exact) mass is 194 g/mol. The molecule has 0 saturated heterocycles. The number of ether oxygens (including phenoxy) is 1. The van der Waals surface area contributed by atoms with E-state index in [2.05, 4.69) is 10.3 Å². The Morgan fingerprint density at radius 3 is 2.64 bits per heavy atom. The molecule has 0 radical (unpaired) electrons. The van der Waals surface area contributed by atoms with Gasteiger partial charge >= 0.3 is 0 Å². The van der Waals surface area contributed by atoms with E-state index in [4.69, 9.17) is 4.74 Å². The van der Waals surface area contributed by atoms with Crippen LogP contribution in [-0.4, -0.2) is 17.0 Å². The minimum absolute atomic E-state index is 0.128. The maximum absolute atomic E-state index is 10.7. The molecular weight excluding hydrogens is 180 g/mol. The highest BCUT2D eigenvalue weighted by Gasteiger charge is 1.99. The second-order valence-corrected chi connectivity index (χ2v) is 3.23. The molecule has 0 aromatic carbocycles. The summed E-state index contributed by atoms with van der Waals surface area (Å²) in [5.74, 6) is 1.11. The molecule has 4 heteroatoms. The number of amides is 1. The van der Waals surface area contributed by atoms with Gasteiger partial charge in [0.15, 0.2) is 0 Å². The summed E-state index contributed by atoms with van der Waals surface area (Å²) >= 11 is 0. The zero-order valence-corrected chi connectivity index (χ0v) is 8.57. The molecule has 4 nitrogen and oxygen atoms in total. The van der Waals surface area contributed by atoms with Crippen LogP contribution in [0.4, 0.5) is 5.82 Å². The van der Waals surface area contributed by atoms with Crippen LogP contribution in [0.5, 0.6) is 5.75 Å². The lowest BCUT2D eigenvalue weighted by molar-refractivity contribution is -0.114. The summed E-state index contributed by atoms with van der Waals surface area (Å²) in [6.45, 7) is 5.34. The molecular formula is C10H14N2O2. The van der Waals surface area contributed by atoms with E-state index in [1.807, 2.05) is 13.8 Å². The lowest BCUT2D eigenvalue weighted by Gasteiger charge is -2.09. The van der Waals surface area contributed by atoms with Crippen molar-refractivity contribution in [3.63, 3.8) is 0 Å². The lowest BCUT2D eigenvalue weighted by atomic mass is 10.4. The van der Waals surface area contributed by atoms with Crippen LogP contribution in [0.1, 0.15) is 20.8 Å². The Morgan fingerprint density at radius 1 is 1.50 bits per heavy atom. The molecule has 0 fully saturated rings. The van der Waals surface area contributed by atoms with Gasteiger partial charge < -0.3 is 10.1 Å². The lowest BCUT2D eigenvalue weighted by Crippen LogP contribution is -2.08. The number of carbonyl (C=O) groups excluding carboxylic acids is 1. The Hall–Kier alpha value is -1.58. The van der Waals surface area contributed by atoms with Crippen LogP contribution in [-0.2, 0) is 4.79 Å². The fourth-order valence-electron chi connectivity index (χ4n) is 0.976. The number of hydrogen-bond acceptors (Lipinski definition) is 3. The van der Waals surface area contributed by atoms with Gasteiger partial charge in [0.25, 0.3) is 0 Å². The average Bonchev–Trinajstić information content (AvgIpc) is 2.06. The SMILES string of the molecule is CC(=O)Nc1ccc(OC(C)C)cn1. The standard InChI is InChI=1S/C10H14N2O2/c1-7(2)14-9-4-5-10(11-6-9)12-8(3)13/h4-7H,1-3H3,(H,11,12,13). The van der Waals surface area contributed by atoms with E-state index in [-0.39, 0.29) is 12.0 Å². The summed E-state index contributed by atoms with van der Waals surface area (Å²) in [6.07, 6.45) is 1.72. The van der Waals surface area contributed by atoms with Gasteiger partial charge in [-0.1, -0.05) is 0 Å². The summed E-state index contributed by atoms with van der Waals surface area (Å²) in [7, 11) is 0. The minimum atomic E-state index is -0.130. The van der Waals surface area contributed by atoms with Crippen LogP contribution >= 0.6 is 0 Å². The topological polar surface area (TPSA) is 51.2 Å². The summed E-state index contributed by atoms with van der Waals surface area (Å²) in [5.41, 5.74) is 0. The van der Waals surface area contributed by atoms with Crippen LogP contribution in [0, 0.1) is 0 Å². The number of nitrogens with one attached hydrogen (secondary N) is 1. The van der Waals surface area contributed by atoms with E-state index >= 15 is 0 Å². The largest absolute Gasteiger partial charge is 0.489 e. The van der Waals surface area contributed by atoms with Crippen LogP contribution in [0.2, 0.25) is 0 Å². The van der Waals surface area contributed by atoms with Crippen molar-refractivity contribution in [2.45, 2.75) is 26.9 Å². The van der Waals surface area contributed by atoms with Crippen LogP contribution in [0.3, 0.4) is 0 Å². The maximum atomic E-state index is 10.7. The third-order valence-electron chi connectivity index (χ3n) is 1.41. The summed E-state index contributed by atoms with van der Waals surface area (Å²) in [6, 6.07) is 3.48. The molecule has 0 aliphatic heterocycles. The molecule has 0 aliphatic carbocycles. The number of pyridine rings is 1. The van der Waals surface area contributed by atoms with Crippen molar-refractivity contribution in [2.75, 3.05) is 5.32 Å². The fourth-order valence-corrected chi connectivity index (χ4v) is 0.976. The molecule has 0 spiro atoms. The van der Waals surface area contributed by atoms with Gasteiger partial charge in [0.2, 0.25) is 5.91 Å². The number of rotatable bonds is 3. The molecule has 1 aromatic heterocycles. The summed E-state index contributed by atoms with van der Waals surface area (Å²) in [4.78, 5) is 14.7. The average molecular weight is 194 g/mol. The normalized spacial score (nSPS) is 10.0. The second kappa shape index (κ2) is 4.60. The first-order valence-corrected chi connectivity index (χ1v) is 4.48. The van der Waals surface area contributed by atoms with Gasteiger partial charge in [-0.2, -0.15) is 0 Å². The van der Waals surface area contributed by atoms with E-state index in [0.717, 1.165) is 0 Å². The van der Waals surface area contributed by atoms with Crippen molar-refractivity contribution in [1.82, 2.24) is 4.98 Å². The first-order chi connectivity index (χ1) is 6.58. The molecule has 1 N–H and O–H groups in total. The number of aromatic nitrogens is 1. The van der Waals surface area contributed by atoms with Gasteiger partial charge in [-0.3, -0.25) is 4.79 Å². The summed E-state index contributed by atoms with van der Waals surface area (Å²) in [5, 5.41) is 2.58. The van der Waals surface area contributed by atoms with Crippen molar-refractivity contribution >= 4 is 11.7 Å². The Morgan fingerprint density at radius 2 is 2.21 bits per heavy atom. The molecule has 0 aliphatic rings. The van der Waals surface area contributed by atoms with Gasteiger partial charge in [0.1, 0.15) is 11.6 Å². The highest BCUT2D eigenvalue weighted by atomic mass is 16.5. The highest BCUT2D eigenvalue weighted by molar-refractivity contribution is 5.87. The number of hydrogen-bond donors (Lipinski definition) is 1. The van der Waals surface area contributed by atoms with E-state index in [1.165, 1.54) is 6.92 Å². The van der Waals surface area contributed by atoms with E-state index in [1.54, 1.807) is 18.3 Å². The van der Waals surface area contributed by atoms with Crippen molar-refractivity contribution in [2.24, 2.45) is 0 Å². The smallest absolute Gasteiger partial charge is 0.222 e. The fraction of sp³-hybridized carbons (Fsp3) is 0.400. The Kier molecular flexibility index (Phi) is 3.45. The van der Waals surface area contributed by atoms with Gasteiger partial charge in [-0.25, -0.2) is 4.98 Å². The highest BCUT2D eigenvalue weighted by Crippen LogP contribution is 2.13. The Balaban J connectivity index is 2.63. The molecule has 1 aromatic rings. The van der Waals surface area contributed by atoms with E-state index in [0.29, 0.717) is 11.6 Å². The molecule has 0 unspecified atom stereocenters. The Labute approximate surface area is 83.3 Å². The molecule has 14 heavy (non-hydrogen) atoms. The first kappa shape index (κ1) is 10.5. The van der Waals surface area contributed by atoms with Crippen molar-refractivity contribution in [3.05, 3.63) is 18.3 Å². The van der Waals surface area contributed by atoms with Gasteiger partial charge in [-0.15, -0.1) is 0 Å². The molecule has 0 bridgehead atoms. The molecule has 1 heterocycles. The van der Waals surface area contributed by atoms with Gasteiger partial charge in [0, 0.05) is 6.92 Å². The zero-order chi connectivity index (χ0) is 10.6. The zero-order valence-electron chi connectivity index (χ0n) is 8.57. The molecule has 0 atom stereocenters. The number of nitrogens with zero attached hydrogens (tertiary/aromatic N) is 1. The van der Waals surface area contributed by atoms with Crippen molar-refractivity contribution in [1.29, 1.82) is 0 Å². The predicted octanol–water partition coefficient (Wildman–Crippen LogP) is 1.83. The van der Waals surface area contributed by atoms with E-state index in [9.17, 15) is 4.79 Å². The van der Waals surface area contributed by atoms with Gasteiger partial charge in [-0.05, 0) is 26.0 Å². The second-order valence-electron chi connectivity index (χ2n) is 3.23. The predicted molar refractivity (Wildman–Crippen MR) is 54.3 cm³/mol. The van der Waals surface area contributed by atoms with Crippen molar-refractivity contribution in [3.8, 4) is 5.75 Å². The van der Waals surface area contributed by atoms with Gasteiger partial charge in [0.05, 0.1) is 12.3 Å². The first-order valence-electron chi connectivity index (χ1n) is 4.48. The summed E-state index contributed by atoms with van der Waals surface area (Å²) < 4.78 is 5.40. The van der Waals surface area contributed by atoms with Crippen LogP contribution < -0.4 is 10.1 Å². The minimum Gasteiger partial charge on any atom is -0.489 e. The Bertz CT molecular complexity index is 306. The van der Waals surface area contributed by atoms with Crippen LogP contribution in [0.25, 0.3) is 0 Å². The van der Waals surface area contributed by atoms with E-state index < -0.39 is 0 Å². The molecule has 76 valence electrons. The van der Waals surface area contributed by atoms with Crippen molar-refractivity contribution < 1.29 is 9.53 Å². The number of carbonyl (C=O) groups is 1. The van der Waals surface area contributed by atoms with Crippen LogP contribution in [0.15, 0.2) is 18.3 Å². The third kappa shape index (κ3) is 3.43. The third-order valence-corrected chi connectivity index (χ3v) is 1.41. The maximum Gasteiger partial charge on any atom is 0.222 e. The molecule has 1 rings (SSSR count). The number of anilines is 1.